The highest BCUT2D eigenvalue weighted by atomic mass is 16.2. The Morgan fingerprint density at radius 3 is 2.67 bits per heavy atom. The first-order valence-corrected chi connectivity index (χ1v) is 7.88. The Labute approximate surface area is 125 Å². The second-order valence-corrected chi connectivity index (χ2v) is 6.04. The molecule has 1 aliphatic carbocycles. The number of rotatable bonds is 3. The van der Waals surface area contributed by atoms with Gasteiger partial charge in [0.05, 0.1) is 6.54 Å². The van der Waals surface area contributed by atoms with E-state index in [-0.39, 0.29) is 18.4 Å². The van der Waals surface area contributed by atoms with Crippen molar-refractivity contribution in [2.45, 2.75) is 38.1 Å². The number of carbonyl (C=O) groups excluding carboxylic acids is 2. The summed E-state index contributed by atoms with van der Waals surface area (Å²) < 4.78 is 0. The van der Waals surface area contributed by atoms with Gasteiger partial charge in [0.2, 0.25) is 5.91 Å². The molecular formula is C17H22N2O2. The molecule has 4 heteroatoms. The number of carbonyl (C=O) groups is 2. The van der Waals surface area contributed by atoms with Gasteiger partial charge in [-0.25, -0.2) is 0 Å². The predicted molar refractivity (Wildman–Crippen MR) is 80.9 cm³/mol. The molecular weight excluding hydrogens is 264 g/mol. The minimum absolute atomic E-state index is 0.0636. The fourth-order valence-electron chi connectivity index (χ4n) is 3.66. The Kier molecular flexibility index (Phi) is 4.23. The van der Waals surface area contributed by atoms with Crippen molar-refractivity contribution in [2.75, 3.05) is 13.1 Å². The maximum absolute atomic E-state index is 12.3. The van der Waals surface area contributed by atoms with Crippen LogP contribution >= 0.6 is 0 Å². The summed E-state index contributed by atoms with van der Waals surface area (Å²) in [6.07, 6.45) is 6.03. The van der Waals surface area contributed by atoms with Crippen molar-refractivity contribution in [3.05, 3.63) is 35.9 Å². The van der Waals surface area contributed by atoms with Crippen molar-refractivity contribution >= 4 is 11.8 Å². The van der Waals surface area contributed by atoms with Gasteiger partial charge in [0.25, 0.3) is 5.91 Å². The Balaban J connectivity index is 1.54. The van der Waals surface area contributed by atoms with Crippen LogP contribution in [0.2, 0.25) is 0 Å². The van der Waals surface area contributed by atoms with Gasteiger partial charge in [0, 0.05) is 18.2 Å². The van der Waals surface area contributed by atoms with Crippen molar-refractivity contribution in [1.82, 2.24) is 10.2 Å². The van der Waals surface area contributed by atoms with Crippen LogP contribution in [0.15, 0.2) is 30.3 Å². The van der Waals surface area contributed by atoms with E-state index in [4.69, 9.17) is 0 Å². The zero-order valence-electron chi connectivity index (χ0n) is 12.3. The fourth-order valence-corrected chi connectivity index (χ4v) is 3.66. The molecule has 0 unspecified atom stereocenters. The minimum atomic E-state index is -0.177. The van der Waals surface area contributed by atoms with E-state index in [1.165, 1.54) is 19.3 Å². The van der Waals surface area contributed by atoms with Gasteiger partial charge in [-0.3, -0.25) is 9.59 Å². The first-order valence-electron chi connectivity index (χ1n) is 7.88. The summed E-state index contributed by atoms with van der Waals surface area (Å²) >= 11 is 0. The van der Waals surface area contributed by atoms with Gasteiger partial charge in [0.15, 0.2) is 0 Å². The van der Waals surface area contributed by atoms with Gasteiger partial charge in [-0.2, -0.15) is 0 Å². The molecule has 0 bridgehead atoms. The number of hydrogen-bond donors (Lipinski definition) is 1. The third-order valence-corrected chi connectivity index (χ3v) is 4.77. The molecule has 0 spiro atoms. The summed E-state index contributed by atoms with van der Waals surface area (Å²) in [6, 6.07) is 9.45. The summed E-state index contributed by atoms with van der Waals surface area (Å²) in [4.78, 5) is 26.3. The Morgan fingerprint density at radius 2 is 1.86 bits per heavy atom. The van der Waals surface area contributed by atoms with Crippen LogP contribution in [0.3, 0.4) is 0 Å². The van der Waals surface area contributed by atoms with Gasteiger partial charge < -0.3 is 10.2 Å². The maximum atomic E-state index is 12.3. The lowest BCUT2D eigenvalue weighted by Gasteiger charge is -2.31. The number of fused-ring (bicyclic) bond motifs is 1. The van der Waals surface area contributed by atoms with Gasteiger partial charge in [-0.05, 0) is 37.3 Å². The Bertz CT molecular complexity index is 515. The van der Waals surface area contributed by atoms with Gasteiger partial charge in [-0.1, -0.05) is 31.0 Å². The van der Waals surface area contributed by atoms with Gasteiger partial charge in [0.1, 0.15) is 0 Å². The molecule has 2 amide bonds. The average Bonchev–Trinajstić information content (AvgIpc) is 2.97. The largest absolute Gasteiger partial charge is 0.343 e. The first-order chi connectivity index (χ1) is 10.3. The van der Waals surface area contributed by atoms with Crippen LogP contribution < -0.4 is 5.32 Å². The number of nitrogens with zero attached hydrogens (tertiary/aromatic N) is 1. The maximum Gasteiger partial charge on any atom is 0.251 e. The third kappa shape index (κ3) is 3.09. The molecule has 4 nitrogen and oxygen atoms in total. The predicted octanol–water partition coefficient (Wildman–Crippen LogP) is 2.21. The van der Waals surface area contributed by atoms with Crippen LogP contribution in [-0.4, -0.2) is 35.8 Å². The number of benzene rings is 1. The highest BCUT2D eigenvalue weighted by Gasteiger charge is 2.37. The van der Waals surface area contributed by atoms with Crippen LogP contribution in [0.5, 0.6) is 0 Å². The molecule has 1 aromatic carbocycles. The summed E-state index contributed by atoms with van der Waals surface area (Å²) in [5, 5.41) is 2.74. The lowest BCUT2D eigenvalue weighted by atomic mass is 9.85. The second-order valence-electron chi connectivity index (χ2n) is 6.04. The van der Waals surface area contributed by atoms with E-state index in [2.05, 4.69) is 5.32 Å². The van der Waals surface area contributed by atoms with E-state index in [0.717, 1.165) is 19.4 Å². The average molecular weight is 286 g/mol. The number of hydrogen-bond acceptors (Lipinski definition) is 2. The summed E-state index contributed by atoms with van der Waals surface area (Å²) in [6.45, 7) is 0.965. The highest BCUT2D eigenvalue weighted by Crippen LogP contribution is 2.35. The molecule has 21 heavy (non-hydrogen) atoms. The van der Waals surface area contributed by atoms with E-state index in [9.17, 15) is 9.59 Å². The van der Waals surface area contributed by atoms with Gasteiger partial charge >= 0.3 is 0 Å². The van der Waals surface area contributed by atoms with E-state index >= 15 is 0 Å². The highest BCUT2D eigenvalue weighted by molar-refractivity contribution is 5.96. The Morgan fingerprint density at radius 1 is 1.10 bits per heavy atom. The molecule has 2 aliphatic rings. The lowest BCUT2D eigenvalue weighted by molar-refractivity contribution is -0.131. The smallest absolute Gasteiger partial charge is 0.251 e. The molecule has 2 fully saturated rings. The van der Waals surface area contributed by atoms with Crippen LogP contribution in [-0.2, 0) is 4.79 Å². The van der Waals surface area contributed by atoms with E-state index < -0.39 is 0 Å². The number of amides is 2. The van der Waals surface area contributed by atoms with E-state index in [1.807, 2.05) is 23.1 Å². The zero-order chi connectivity index (χ0) is 14.7. The molecule has 1 saturated heterocycles. The second kappa shape index (κ2) is 6.29. The fraction of sp³-hybridized carbons (Fsp3) is 0.529. The quantitative estimate of drug-likeness (QED) is 0.926. The molecule has 3 rings (SSSR count). The number of likely N-dealkylation sites (tertiary alicyclic amines) is 1. The molecule has 1 aromatic rings. The molecule has 2 atom stereocenters. The number of nitrogens with one attached hydrogen (secondary N) is 1. The van der Waals surface area contributed by atoms with E-state index in [0.29, 0.717) is 17.5 Å². The molecule has 112 valence electrons. The van der Waals surface area contributed by atoms with Crippen molar-refractivity contribution in [2.24, 2.45) is 5.92 Å². The monoisotopic (exact) mass is 286 g/mol. The molecule has 0 radical (unpaired) electrons. The van der Waals surface area contributed by atoms with Gasteiger partial charge in [-0.15, -0.1) is 0 Å². The van der Waals surface area contributed by atoms with Crippen molar-refractivity contribution < 1.29 is 9.59 Å². The molecule has 1 saturated carbocycles. The van der Waals surface area contributed by atoms with Crippen LogP contribution in [0.4, 0.5) is 0 Å². The third-order valence-electron chi connectivity index (χ3n) is 4.77. The molecule has 1 N–H and O–H groups in total. The van der Waals surface area contributed by atoms with Crippen LogP contribution in [0.1, 0.15) is 42.5 Å². The van der Waals surface area contributed by atoms with Crippen LogP contribution in [0.25, 0.3) is 0 Å². The van der Waals surface area contributed by atoms with Crippen molar-refractivity contribution in [3.63, 3.8) is 0 Å². The topological polar surface area (TPSA) is 49.4 Å². The summed E-state index contributed by atoms with van der Waals surface area (Å²) in [5.74, 6) is 0.574. The Hall–Kier alpha value is -1.84. The van der Waals surface area contributed by atoms with Crippen molar-refractivity contribution in [1.29, 1.82) is 0 Å². The molecule has 0 aromatic heterocycles. The molecule has 1 aliphatic heterocycles. The molecule has 1 heterocycles. The standard InChI is InChI=1S/C17H22N2O2/c20-16(12-18-17(21)14-7-2-1-3-8-14)19-11-10-13-6-4-5-9-15(13)19/h1-3,7-8,13,15H,4-6,9-12H2,(H,18,21)/t13-,15-/m1/s1. The summed E-state index contributed by atoms with van der Waals surface area (Å²) in [7, 11) is 0. The lowest BCUT2D eigenvalue weighted by Crippen LogP contribution is -2.44. The minimum Gasteiger partial charge on any atom is -0.343 e. The normalized spacial score (nSPS) is 24.5. The van der Waals surface area contributed by atoms with Crippen LogP contribution in [0, 0.1) is 5.92 Å². The summed E-state index contributed by atoms with van der Waals surface area (Å²) in [5.41, 5.74) is 0.599. The van der Waals surface area contributed by atoms with E-state index in [1.54, 1.807) is 12.1 Å². The zero-order valence-corrected chi connectivity index (χ0v) is 12.3. The SMILES string of the molecule is O=C(NCC(=O)N1CC[C@H]2CCCC[C@H]21)c1ccccc1. The first kappa shape index (κ1) is 14.1. The van der Waals surface area contributed by atoms with Crippen molar-refractivity contribution in [3.8, 4) is 0 Å².